The van der Waals surface area contributed by atoms with E-state index in [1.165, 1.54) is 0 Å². The van der Waals surface area contributed by atoms with Gasteiger partial charge in [0, 0.05) is 37.7 Å². The van der Waals surface area contributed by atoms with Crippen LogP contribution in [-0.4, -0.2) is 46.7 Å². The van der Waals surface area contributed by atoms with Crippen molar-refractivity contribution in [2.24, 2.45) is 0 Å². The molecule has 0 unspecified atom stereocenters. The molecule has 0 saturated carbocycles. The standard InChI is InChI=1S/C15H20N2O3/c18-14(13-4-2-10-20-13)17-8-5-15(19,6-9-17)12-3-1-7-16-11-12/h1,3,7,11,13,19H,2,4-6,8-10H2/t13-/m1/s1. The summed E-state index contributed by atoms with van der Waals surface area (Å²) in [6.07, 6.45) is 6.03. The third-order valence-electron chi connectivity index (χ3n) is 4.31. The van der Waals surface area contributed by atoms with E-state index in [1.807, 2.05) is 17.0 Å². The number of hydrogen-bond acceptors (Lipinski definition) is 4. The Hall–Kier alpha value is -1.46. The lowest BCUT2D eigenvalue weighted by molar-refractivity contribution is -0.145. The number of amides is 1. The maximum Gasteiger partial charge on any atom is 0.251 e. The topological polar surface area (TPSA) is 62.7 Å². The molecule has 0 spiro atoms. The molecule has 2 aliphatic rings. The van der Waals surface area contributed by atoms with Gasteiger partial charge in [0.25, 0.3) is 5.91 Å². The lowest BCUT2D eigenvalue weighted by Crippen LogP contribution is -2.48. The molecule has 1 atom stereocenters. The molecule has 3 heterocycles. The quantitative estimate of drug-likeness (QED) is 0.877. The van der Waals surface area contributed by atoms with E-state index in [0.717, 1.165) is 18.4 Å². The monoisotopic (exact) mass is 276 g/mol. The predicted molar refractivity (Wildman–Crippen MR) is 72.9 cm³/mol. The average Bonchev–Trinajstić information content (AvgIpc) is 3.02. The van der Waals surface area contributed by atoms with Crippen LogP contribution in [0.1, 0.15) is 31.2 Å². The summed E-state index contributed by atoms with van der Waals surface area (Å²) in [5.41, 5.74) is -0.0223. The number of piperidine rings is 1. The van der Waals surface area contributed by atoms with E-state index >= 15 is 0 Å². The molecule has 1 amide bonds. The zero-order valence-electron chi connectivity index (χ0n) is 11.5. The number of hydrogen-bond donors (Lipinski definition) is 1. The number of aromatic nitrogens is 1. The third-order valence-corrected chi connectivity index (χ3v) is 4.31. The number of rotatable bonds is 2. The zero-order chi connectivity index (χ0) is 14.0. The fraction of sp³-hybridized carbons (Fsp3) is 0.600. The number of carbonyl (C=O) groups is 1. The minimum atomic E-state index is -0.860. The number of aliphatic hydroxyl groups is 1. The van der Waals surface area contributed by atoms with Crippen LogP contribution in [0.5, 0.6) is 0 Å². The lowest BCUT2D eigenvalue weighted by Gasteiger charge is -2.39. The highest BCUT2D eigenvalue weighted by Gasteiger charge is 2.37. The van der Waals surface area contributed by atoms with Gasteiger partial charge in [0.05, 0.1) is 5.60 Å². The predicted octanol–water partition coefficient (Wildman–Crippen LogP) is 1.07. The number of likely N-dealkylation sites (tertiary alicyclic amines) is 1. The van der Waals surface area contributed by atoms with E-state index in [2.05, 4.69) is 4.98 Å². The first-order valence-corrected chi connectivity index (χ1v) is 7.22. The van der Waals surface area contributed by atoms with Crippen LogP contribution in [0.15, 0.2) is 24.5 Å². The highest BCUT2D eigenvalue weighted by Crippen LogP contribution is 2.32. The molecule has 1 N–H and O–H groups in total. The minimum absolute atomic E-state index is 0.0794. The molecule has 5 heteroatoms. The summed E-state index contributed by atoms with van der Waals surface area (Å²) < 4.78 is 5.44. The van der Waals surface area contributed by atoms with Gasteiger partial charge in [-0.25, -0.2) is 0 Å². The number of carbonyl (C=O) groups excluding carboxylic acids is 1. The van der Waals surface area contributed by atoms with Crippen molar-refractivity contribution in [3.05, 3.63) is 30.1 Å². The fourth-order valence-electron chi connectivity index (χ4n) is 3.00. The molecule has 108 valence electrons. The highest BCUT2D eigenvalue weighted by atomic mass is 16.5. The van der Waals surface area contributed by atoms with Crippen LogP contribution in [0.4, 0.5) is 0 Å². The largest absolute Gasteiger partial charge is 0.385 e. The average molecular weight is 276 g/mol. The summed E-state index contributed by atoms with van der Waals surface area (Å²) in [6.45, 7) is 1.83. The van der Waals surface area contributed by atoms with Crippen LogP contribution in [0.3, 0.4) is 0 Å². The van der Waals surface area contributed by atoms with Gasteiger partial charge >= 0.3 is 0 Å². The van der Waals surface area contributed by atoms with Gasteiger partial charge in [-0.15, -0.1) is 0 Å². The summed E-state index contributed by atoms with van der Waals surface area (Å²) >= 11 is 0. The summed E-state index contributed by atoms with van der Waals surface area (Å²) in [5, 5.41) is 10.7. The van der Waals surface area contributed by atoms with Crippen LogP contribution in [0.2, 0.25) is 0 Å². The molecular weight excluding hydrogens is 256 g/mol. The molecule has 2 aliphatic heterocycles. The molecule has 0 bridgehead atoms. The van der Waals surface area contributed by atoms with E-state index in [0.29, 0.717) is 32.5 Å². The van der Waals surface area contributed by atoms with Crippen LogP contribution in [0.25, 0.3) is 0 Å². The third kappa shape index (κ3) is 2.55. The molecule has 0 aliphatic carbocycles. The molecule has 2 fully saturated rings. The summed E-state index contributed by atoms with van der Waals surface area (Å²) in [5.74, 6) is 0.0794. The number of pyridine rings is 1. The second-order valence-electron chi connectivity index (χ2n) is 5.60. The first kappa shape index (κ1) is 13.5. The summed E-state index contributed by atoms with van der Waals surface area (Å²) in [7, 11) is 0. The van der Waals surface area contributed by atoms with Gasteiger partial charge in [0.1, 0.15) is 6.10 Å². The molecule has 20 heavy (non-hydrogen) atoms. The van der Waals surface area contributed by atoms with E-state index in [-0.39, 0.29) is 12.0 Å². The molecule has 0 aromatic carbocycles. The van der Waals surface area contributed by atoms with Gasteiger partial charge in [-0.3, -0.25) is 9.78 Å². The van der Waals surface area contributed by atoms with Crippen molar-refractivity contribution >= 4 is 5.91 Å². The second-order valence-corrected chi connectivity index (χ2v) is 5.60. The molecule has 1 aromatic heterocycles. The van der Waals surface area contributed by atoms with Crippen molar-refractivity contribution in [2.45, 2.75) is 37.4 Å². The molecule has 2 saturated heterocycles. The maximum absolute atomic E-state index is 12.3. The van der Waals surface area contributed by atoms with Crippen LogP contribution >= 0.6 is 0 Å². The van der Waals surface area contributed by atoms with E-state index in [1.54, 1.807) is 12.4 Å². The van der Waals surface area contributed by atoms with Crippen LogP contribution in [-0.2, 0) is 15.1 Å². The lowest BCUT2D eigenvalue weighted by atomic mass is 9.85. The van der Waals surface area contributed by atoms with Crippen molar-refractivity contribution in [2.75, 3.05) is 19.7 Å². The van der Waals surface area contributed by atoms with Gasteiger partial charge < -0.3 is 14.7 Å². The molecule has 3 rings (SSSR count). The Morgan fingerprint density at radius 1 is 1.45 bits per heavy atom. The smallest absolute Gasteiger partial charge is 0.251 e. The molecule has 1 aromatic rings. The van der Waals surface area contributed by atoms with Crippen LogP contribution < -0.4 is 0 Å². The molecule has 0 radical (unpaired) electrons. The van der Waals surface area contributed by atoms with Crippen molar-refractivity contribution in [1.29, 1.82) is 0 Å². The van der Waals surface area contributed by atoms with Gasteiger partial charge in [-0.2, -0.15) is 0 Å². The first-order valence-electron chi connectivity index (χ1n) is 7.22. The maximum atomic E-state index is 12.3. The number of nitrogens with zero attached hydrogens (tertiary/aromatic N) is 2. The second kappa shape index (κ2) is 5.50. The zero-order valence-corrected chi connectivity index (χ0v) is 11.5. The summed E-state index contributed by atoms with van der Waals surface area (Å²) in [4.78, 5) is 18.1. The SMILES string of the molecule is O=C([C@H]1CCCO1)N1CCC(O)(c2cccnc2)CC1. The minimum Gasteiger partial charge on any atom is -0.385 e. The van der Waals surface area contributed by atoms with Crippen LogP contribution in [0, 0.1) is 0 Å². The van der Waals surface area contributed by atoms with Crippen molar-refractivity contribution < 1.29 is 14.6 Å². The normalized spacial score (nSPS) is 25.6. The Morgan fingerprint density at radius 2 is 2.25 bits per heavy atom. The van der Waals surface area contributed by atoms with Gasteiger partial charge in [0.2, 0.25) is 0 Å². The Bertz CT molecular complexity index is 463. The van der Waals surface area contributed by atoms with E-state index in [4.69, 9.17) is 4.74 Å². The molecule has 5 nitrogen and oxygen atoms in total. The Balaban J connectivity index is 1.63. The van der Waals surface area contributed by atoms with Crippen molar-refractivity contribution in [1.82, 2.24) is 9.88 Å². The van der Waals surface area contributed by atoms with Crippen molar-refractivity contribution in [3.63, 3.8) is 0 Å². The Morgan fingerprint density at radius 3 is 2.85 bits per heavy atom. The summed E-state index contributed by atoms with van der Waals surface area (Å²) in [6, 6.07) is 3.72. The van der Waals surface area contributed by atoms with E-state index in [9.17, 15) is 9.90 Å². The van der Waals surface area contributed by atoms with Gasteiger partial charge in [0.15, 0.2) is 0 Å². The van der Waals surface area contributed by atoms with Gasteiger partial charge in [-0.05, 0) is 31.7 Å². The highest BCUT2D eigenvalue weighted by molar-refractivity contribution is 5.81. The van der Waals surface area contributed by atoms with E-state index < -0.39 is 5.60 Å². The fourth-order valence-corrected chi connectivity index (χ4v) is 3.00. The Labute approximate surface area is 118 Å². The molecular formula is C15H20N2O3. The number of ether oxygens (including phenoxy) is 1. The van der Waals surface area contributed by atoms with Gasteiger partial charge in [-0.1, -0.05) is 6.07 Å². The van der Waals surface area contributed by atoms with Crippen molar-refractivity contribution in [3.8, 4) is 0 Å². The Kier molecular flexibility index (Phi) is 3.72. The first-order chi connectivity index (χ1) is 9.69.